The standard InChI is InChI=1S/C12H14O4S/c1-8(13)5-11-7-9-6-10(16-2)3-4-12(9)17(11,14)15/h3-4,6,11H,5,7H2,1-2H3. The molecule has 0 spiro atoms. The van der Waals surface area contributed by atoms with Crippen LogP contribution in [0.5, 0.6) is 5.75 Å². The minimum absolute atomic E-state index is 0.0827. The van der Waals surface area contributed by atoms with Crippen LogP contribution < -0.4 is 4.74 Å². The van der Waals surface area contributed by atoms with Crippen LogP contribution in [0.25, 0.3) is 0 Å². The smallest absolute Gasteiger partial charge is 0.182 e. The first-order chi connectivity index (χ1) is 7.95. The SMILES string of the molecule is COc1ccc2c(c1)CC(CC(C)=O)S2(=O)=O. The maximum atomic E-state index is 12.1. The van der Waals surface area contributed by atoms with Gasteiger partial charge >= 0.3 is 0 Å². The van der Waals surface area contributed by atoms with Crippen LogP contribution in [0.4, 0.5) is 0 Å². The highest BCUT2D eigenvalue weighted by Gasteiger charge is 2.37. The van der Waals surface area contributed by atoms with Crippen LogP contribution >= 0.6 is 0 Å². The molecule has 1 aliphatic heterocycles. The molecule has 0 amide bonds. The molecule has 17 heavy (non-hydrogen) atoms. The minimum atomic E-state index is -3.34. The van der Waals surface area contributed by atoms with E-state index in [1.165, 1.54) is 14.0 Å². The van der Waals surface area contributed by atoms with Gasteiger partial charge in [-0.2, -0.15) is 0 Å². The summed E-state index contributed by atoms with van der Waals surface area (Å²) in [6, 6.07) is 4.92. The van der Waals surface area contributed by atoms with Gasteiger partial charge < -0.3 is 4.74 Å². The number of ether oxygens (including phenoxy) is 1. The van der Waals surface area contributed by atoms with E-state index in [4.69, 9.17) is 4.74 Å². The summed E-state index contributed by atoms with van der Waals surface area (Å²) < 4.78 is 29.3. The van der Waals surface area contributed by atoms with E-state index < -0.39 is 15.1 Å². The number of fused-ring (bicyclic) bond motifs is 1. The van der Waals surface area contributed by atoms with Crippen molar-refractivity contribution in [2.45, 2.75) is 29.9 Å². The molecule has 1 aliphatic rings. The van der Waals surface area contributed by atoms with Gasteiger partial charge in [0.2, 0.25) is 0 Å². The number of carbonyl (C=O) groups excluding carboxylic acids is 1. The molecule has 92 valence electrons. The molecule has 0 bridgehead atoms. The van der Waals surface area contributed by atoms with Gasteiger partial charge in [-0.05, 0) is 37.1 Å². The van der Waals surface area contributed by atoms with Crippen molar-refractivity contribution in [2.24, 2.45) is 0 Å². The third-order valence-corrected chi connectivity index (χ3v) is 5.20. The molecule has 0 aromatic heterocycles. The third-order valence-electron chi connectivity index (χ3n) is 2.98. The Morgan fingerprint density at radius 1 is 1.47 bits per heavy atom. The lowest BCUT2D eigenvalue weighted by Gasteiger charge is -2.05. The van der Waals surface area contributed by atoms with Crippen LogP contribution in [0.3, 0.4) is 0 Å². The average molecular weight is 254 g/mol. The van der Waals surface area contributed by atoms with Gasteiger partial charge in [-0.25, -0.2) is 8.42 Å². The lowest BCUT2D eigenvalue weighted by atomic mass is 10.1. The van der Waals surface area contributed by atoms with Crippen molar-refractivity contribution < 1.29 is 17.9 Å². The van der Waals surface area contributed by atoms with E-state index in [-0.39, 0.29) is 12.2 Å². The summed E-state index contributed by atoms with van der Waals surface area (Å²) >= 11 is 0. The summed E-state index contributed by atoms with van der Waals surface area (Å²) in [5.41, 5.74) is 0.746. The molecule has 4 nitrogen and oxygen atoms in total. The third kappa shape index (κ3) is 2.07. The second-order valence-corrected chi connectivity index (χ2v) is 6.45. The maximum absolute atomic E-state index is 12.1. The number of Topliss-reactive ketones (excluding diaryl/α,β-unsaturated/α-hetero) is 1. The Balaban J connectivity index is 2.42. The molecule has 1 atom stereocenters. The fourth-order valence-corrected chi connectivity index (χ4v) is 4.13. The molecule has 0 aliphatic carbocycles. The second kappa shape index (κ2) is 4.14. The topological polar surface area (TPSA) is 60.4 Å². The molecule has 1 heterocycles. The Bertz CT molecular complexity index is 560. The van der Waals surface area contributed by atoms with Gasteiger partial charge in [-0.3, -0.25) is 4.79 Å². The first-order valence-corrected chi connectivity index (χ1v) is 6.90. The summed E-state index contributed by atoms with van der Waals surface area (Å²) in [7, 11) is -1.80. The number of sulfone groups is 1. The van der Waals surface area contributed by atoms with E-state index in [9.17, 15) is 13.2 Å². The van der Waals surface area contributed by atoms with Crippen LogP contribution in [0.2, 0.25) is 0 Å². The summed E-state index contributed by atoms with van der Waals surface area (Å²) in [5.74, 6) is 0.542. The molecule has 2 rings (SSSR count). The summed E-state index contributed by atoms with van der Waals surface area (Å²) in [5, 5.41) is -0.609. The quantitative estimate of drug-likeness (QED) is 0.817. The van der Waals surface area contributed by atoms with Crippen LogP contribution in [0.15, 0.2) is 23.1 Å². The monoisotopic (exact) mass is 254 g/mol. The highest BCUT2D eigenvalue weighted by Crippen LogP contribution is 2.35. The van der Waals surface area contributed by atoms with Crippen LogP contribution in [0.1, 0.15) is 18.9 Å². The molecule has 0 fully saturated rings. The van der Waals surface area contributed by atoms with Crippen molar-refractivity contribution in [1.29, 1.82) is 0 Å². The van der Waals surface area contributed by atoms with Gasteiger partial charge in [0.05, 0.1) is 17.3 Å². The Hall–Kier alpha value is -1.36. The zero-order valence-electron chi connectivity index (χ0n) is 9.76. The number of rotatable bonds is 3. The Morgan fingerprint density at radius 3 is 2.76 bits per heavy atom. The lowest BCUT2D eigenvalue weighted by molar-refractivity contribution is -0.117. The zero-order chi connectivity index (χ0) is 12.6. The van der Waals surface area contributed by atoms with Gasteiger partial charge in [0.1, 0.15) is 11.5 Å². The molecule has 0 saturated heterocycles. The Kier molecular flexibility index (Phi) is 2.95. The first-order valence-electron chi connectivity index (χ1n) is 5.35. The van der Waals surface area contributed by atoms with Gasteiger partial charge in [-0.1, -0.05) is 0 Å². The number of hydrogen-bond donors (Lipinski definition) is 0. The van der Waals surface area contributed by atoms with E-state index in [1.807, 2.05) is 0 Å². The van der Waals surface area contributed by atoms with Gasteiger partial charge in [0.25, 0.3) is 0 Å². The number of ketones is 1. The highest BCUT2D eigenvalue weighted by atomic mass is 32.2. The fourth-order valence-electron chi connectivity index (χ4n) is 2.16. The highest BCUT2D eigenvalue weighted by molar-refractivity contribution is 7.92. The Labute approximate surface area is 101 Å². The van der Waals surface area contributed by atoms with E-state index >= 15 is 0 Å². The molecule has 1 aromatic rings. The molecule has 1 aromatic carbocycles. The van der Waals surface area contributed by atoms with Crippen LogP contribution in [-0.2, 0) is 21.1 Å². The van der Waals surface area contributed by atoms with E-state index in [0.717, 1.165) is 5.56 Å². The van der Waals surface area contributed by atoms with Crippen molar-refractivity contribution in [3.63, 3.8) is 0 Å². The summed E-state index contributed by atoms with van der Waals surface area (Å²) in [6.07, 6.45) is 0.480. The van der Waals surface area contributed by atoms with Crippen molar-refractivity contribution in [3.05, 3.63) is 23.8 Å². The van der Waals surface area contributed by atoms with Crippen molar-refractivity contribution in [3.8, 4) is 5.75 Å². The first kappa shape index (κ1) is 12.1. The largest absolute Gasteiger partial charge is 0.497 e. The predicted molar refractivity (Wildman–Crippen MR) is 63.0 cm³/mol. The van der Waals surface area contributed by atoms with Crippen molar-refractivity contribution in [1.82, 2.24) is 0 Å². The molecule has 5 heteroatoms. The second-order valence-electron chi connectivity index (χ2n) is 4.25. The summed E-state index contributed by atoms with van der Waals surface area (Å²) in [6.45, 7) is 1.42. The lowest BCUT2D eigenvalue weighted by Crippen LogP contribution is -2.19. The Morgan fingerprint density at radius 2 is 2.18 bits per heavy atom. The van der Waals surface area contributed by atoms with Gasteiger partial charge in [-0.15, -0.1) is 0 Å². The van der Waals surface area contributed by atoms with E-state index in [2.05, 4.69) is 0 Å². The van der Waals surface area contributed by atoms with Crippen LogP contribution in [-0.4, -0.2) is 26.6 Å². The van der Waals surface area contributed by atoms with E-state index in [0.29, 0.717) is 17.1 Å². The fraction of sp³-hybridized carbons (Fsp3) is 0.417. The maximum Gasteiger partial charge on any atom is 0.182 e. The summed E-state index contributed by atoms with van der Waals surface area (Å²) in [4.78, 5) is 11.4. The number of methoxy groups -OCH3 is 1. The minimum Gasteiger partial charge on any atom is -0.497 e. The number of hydrogen-bond acceptors (Lipinski definition) is 4. The molecule has 0 saturated carbocycles. The normalized spacial score (nSPS) is 20.9. The van der Waals surface area contributed by atoms with Gasteiger partial charge in [0, 0.05) is 6.42 Å². The predicted octanol–water partition coefficient (Wildman–Crippen LogP) is 1.37. The average Bonchev–Trinajstić information content (AvgIpc) is 2.49. The van der Waals surface area contributed by atoms with Gasteiger partial charge in [0.15, 0.2) is 9.84 Å². The molecular weight excluding hydrogens is 240 g/mol. The number of carbonyl (C=O) groups is 1. The molecular formula is C12H14O4S. The van der Waals surface area contributed by atoms with E-state index in [1.54, 1.807) is 18.2 Å². The number of benzene rings is 1. The molecule has 1 unspecified atom stereocenters. The van der Waals surface area contributed by atoms with Crippen LogP contribution in [0, 0.1) is 0 Å². The zero-order valence-corrected chi connectivity index (χ0v) is 10.6. The molecule has 0 radical (unpaired) electrons. The van der Waals surface area contributed by atoms with Crippen molar-refractivity contribution in [2.75, 3.05) is 7.11 Å². The van der Waals surface area contributed by atoms with Crippen molar-refractivity contribution >= 4 is 15.6 Å². The molecule has 0 N–H and O–H groups in total.